The zero-order chi connectivity index (χ0) is 13.0. The lowest BCUT2D eigenvalue weighted by Gasteiger charge is -2.24. The van der Waals surface area contributed by atoms with Gasteiger partial charge in [0.2, 0.25) is 0 Å². The summed E-state index contributed by atoms with van der Waals surface area (Å²) >= 11 is 1.53. The van der Waals surface area contributed by atoms with Gasteiger partial charge in [0.15, 0.2) is 5.17 Å². The van der Waals surface area contributed by atoms with Gasteiger partial charge in [-0.05, 0) is 5.56 Å². The summed E-state index contributed by atoms with van der Waals surface area (Å²) in [6.07, 6.45) is -0.303. The van der Waals surface area contributed by atoms with Crippen LogP contribution in [0, 0.1) is 5.41 Å². The fraction of sp³-hybridized carbons (Fsp3) is 0.385. The molecule has 4 nitrogen and oxygen atoms in total. The normalized spacial score (nSPS) is 15.8. The van der Waals surface area contributed by atoms with E-state index in [1.807, 2.05) is 35.2 Å². The lowest BCUT2D eigenvalue weighted by atomic mass is 10.1. The highest BCUT2D eigenvalue weighted by Gasteiger charge is 2.24. The standard InChI is InChI=1S/C13H16N2O2S.ClH/c1-10(16)17-12(11-5-3-2-4-6-11)9-15-7-8-18-13(15)14;/h2-6,12,14H,7-9H2,1H3;1H. The highest BCUT2D eigenvalue weighted by Crippen LogP contribution is 2.23. The minimum absolute atomic E-state index is 0. The molecule has 0 aromatic heterocycles. The molecule has 1 aromatic carbocycles. The van der Waals surface area contributed by atoms with Crippen molar-refractivity contribution in [1.82, 2.24) is 4.90 Å². The second-order valence-electron chi connectivity index (χ2n) is 4.11. The van der Waals surface area contributed by atoms with Crippen LogP contribution in [0.4, 0.5) is 0 Å². The average Bonchev–Trinajstić information content (AvgIpc) is 2.75. The van der Waals surface area contributed by atoms with E-state index in [2.05, 4.69) is 0 Å². The Morgan fingerprint density at radius 3 is 2.68 bits per heavy atom. The van der Waals surface area contributed by atoms with Crippen LogP contribution in [0.1, 0.15) is 18.6 Å². The number of hydrogen-bond acceptors (Lipinski definition) is 4. The highest BCUT2D eigenvalue weighted by atomic mass is 35.5. The van der Waals surface area contributed by atoms with Crippen LogP contribution in [0.2, 0.25) is 0 Å². The molecule has 1 N–H and O–H groups in total. The van der Waals surface area contributed by atoms with Gasteiger partial charge in [-0.15, -0.1) is 12.4 Å². The fourth-order valence-corrected chi connectivity index (χ4v) is 2.75. The van der Waals surface area contributed by atoms with Crippen LogP contribution in [0.15, 0.2) is 30.3 Å². The zero-order valence-electron chi connectivity index (χ0n) is 10.7. The highest BCUT2D eigenvalue weighted by molar-refractivity contribution is 8.14. The quantitative estimate of drug-likeness (QED) is 0.869. The summed E-state index contributed by atoms with van der Waals surface area (Å²) in [6, 6.07) is 9.68. The van der Waals surface area contributed by atoms with Crippen molar-refractivity contribution in [1.29, 1.82) is 5.41 Å². The fourth-order valence-electron chi connectivity index (χ4n) is 1.90. The van der Waals surface area contributed by atoms with E-state index in [9.17, 15) is 4.79 Å². The molecule has 1 fully saturated rings. The van der Waals surface area contributed by atoms with Gasteiger partial charge in [0, 0.05) is 19.2 Å². The van der Waals surface area contributed by atoms with Gasteiger partial charge in [-0.1, -0.05) is 42.1 Å². The Morgan fingerprint density at radius 1 is 1.47 bits per heavy atom. The summed E-state index contributed by atoms with van der Waals surface area (Å²) < 4.78 is 5.36. The van der Waals surface area contributed by atoms with E-state index in [-0.39, 0.29) is 24.5 Å². The van der Waals surface area contributed by atoms with Crippen molar-refractivity contribution in [3.8, 4) is 0 Å². The predicted molar refractivity (Wildman–Crippen MR) is 80.0 cm³/mol. The van der Waals surface area contributed by atoms with Crippen LogP contribution >= 0.6 is 24.2 Å². The number of halogens is 1. The van der Waals surface area contributed by atoms with E-state index in [1.165, 1.54) is 18.7 Å². The molecule has 0 radical (unpaired) electrons. The van der Waals surface area contributed by atoms with Crippen molar-refractivity contribution in [2.24, 2.45) is 0 Å². The molecule has 1 aliphatic heterocycles. The summed E-state index contributed by atoms with van der Waals surface area (Å²) in [5.74, 6) is 0.641. The Morgan fingerprint density at radius 2 is 2.16 bits per heavy atom. The Balaban J connectivity index is 0.00000180. The van der Waals surface area contributed by atoms with Crippen molar-refractivity contribution < 1.29 is 9.53 Å². The van der Waals surface area contributed by atoms with E-state index < -0.39 is 0 Å². The summed E-state index contributed by atoms with van der Waals surface area (Å²) in [6.45, 7) is 2.81. The van der Waals surface area contributed by atoms with Gasteiger partial charge in [-0.3, -0.25) is 10.2 Å². The number of amidine groups is 1. The number of esters is 1. The second-order valence-corrected chi connectivity index (χ2v) is 5.19. The Kier molecular flexibility index (Phi) is 6.18. The molecule has 0 amide bonds. The van der Waals surface area contributed by atoms with Crippen LogP contribution in [-0.4, -0.2) is 34.9 Å². The van der Waals surface area contributed by atoms with Gasteiger partial charge >= 0.3 is 5.97 Å². The van der Waals surface area contributed by atoms with Gasteiger partial charge in [0.25, 0.3) is 0 Å². The number of thioether (sulfide) groups is 1. The third kappa shape index (κ3) is 4.44. The Hall–Kier alpha value is -1.20. The Bertz CT molecular complexity index is 442. The number of benzene rings is 1. The minimum atomic E-state index is -0.303. The number of carbonyl (C=O) groups excluding carboxylic acids is 1. The Labute approximate surface area is 123 Å². The lowest BCUT2D eigenvalue weighted by Crippen LogP contribution is -2.30. The van der Waals surface area contributed by atoms with Crippen LogP contribution in [0.3, 0.4) is 0 Å². The molecule has 1 aromatic rings. The minimum Gasteiger partial charge on any atom is -0.456 e. The maximum atomic E-state index is 11.2. The molecule has 0 bridgehead atoms. The van der Waals surface area contributed by atoms with Crippen LogP contribution < -0.4 is 0 Å². The van der Waals surface area contributed by atoms with Crippen molar-refractivity contribution in [3.63, 3.8) is 0 Å². The molecule has 1 atom stereocenters. The first-order chi connectivity index (χ1) is 8.66. The van der Waals surface area contributed by atoms with Gasteiger partial charge < -0.3 is 9.64 Å². The van der Waals surface area contributed by atoms with Gasteiger partial charge in [-0.2, -0.15) is 0 Å². The first-order valence-electron chi connectivity index (χ1n) is 5.85. The van der Waals surface area contributed by atoms with E-state index in [1.54, 1.807) is 0 Å². The molecule has 6 heteroatoms. The van der Waals surface area contributed by atoms with E-state index in [0.717, 1.165) is 17.9 Å². The molecule has 0 aliphatic carbocycles. The molecule has 1 saturated heterocycles. The molecule has 2 rings (SSSR count). The SMILES string of the molecule is CC(=O)OC(CN1CCSC1=N)c1ccccc1.Cl. The largest absolute Gasteiger partial charge is 0.456 e. The van der Waals surface area contributed by atoms with Crippen molar-refractivity contribution >= 4 is 35.3 Å². The molecule has 19 heavy (non-hydrogen) atoms. The topological polar surface area (TPSA) is 53.4 Å². The first-order valence-corrected chi connectivity index (χ1v) is 6.84. The molecule has 1 heterocycles. The van der Waals surface area contributed by atoms with E-state index >= 15 is 0 Å². The molecule has 104 valence electrons. The van der Waals surface area contributed by atoms with Gasteiger partial charge in [0.1, 0.15) is 6.10 Å². The number of hydrogen-bond donors (Lipinski definition) is 1. The van der Waals surface area contributed by atoms with Crippen molar-refractivity contribution in [3.05, 3.63) is 35.9 Å². The average molecular weight is 301 g/mol. The molecular formula is C13H17ClN2O2S. The van der Waals surface area contributed by atoms with Crippen molar-refractivity contribution in [2.75, 3.05) is 18.8 Å². The van der Waals surface area contributed by atoms with Gasteiger partial charge in [-0.25, -0.2) is 0 Å². The van der Waals surface area contributed by atoms with Crippen molar-refractivity contribution in [2.45, 2.75) is 13.0 Å². The second kappa shape index (κ2) is 7.40. The third-order valence-corrected chi connectivity index (χ3v) is 3.67. The number of ether oxygens (including phenoxy) is 1. The molecular weight excluding hydrogens is 284 g/mol. The number of nitrogens with zero attached hydrogens (tertiary/aromatic N) is 1. The van der Waals surface area contributed by atoms with E-state index in [0.29, 0.717) is 11.7 Å². The third-order valence-electron chi connectivity index (χ3n) is 2.75. The predicted octanol–water partition coefficient (Wildman–Crippen LogP) is 2.70. The maximum absolute atomic E-state index is 11.2. The summed E-state index contributed by atoms with van der Waals surface area (Å²) in [5.41, 5.74) is 0.970. The summed E-state index contributed by atoms with van der Waals surface area (Å²) in [5, 5.41) is 8.35. The lowest BCUT2D eigenvalue weighted by molar-refractivity contribution is -0.147. The van der Waals surface area contributed by atoms with Crippen LogP contribution in [-0.2, 0) is 9.53 Å². The van der Waals surface area contributed by atoms with E-state index in [4.69, 9.17) is 10.1 Å². The molecule has 0 spiro atoms. The monoisotopic (exact) mass is 300 g/mol. The first kappa shape index (κ1) is 15.9. The van der Waals surface area contributed by atoms with Gasteiger partial charge in [0.05, 0.1) is 6.54 Å². The smallest absolute Gasteiger partial charge is 0.303 e. The molecule has 0 saturated carbocycles. The number of carbonyl (C=O) groups is 1. The van der Waals surface area contributed by atoms with Crippen LogP contribution in [0.25, 0.3) is 0 Å². The number of nitrogens with one attached hydrogen (secondary N) is 1. The maximum Gasteiger partial charge on any atom is 0.303 e. The number of rotatable bonds is 4. The molecule has 1 unspecified atom stereocenters. The van der Waals surface area contributed by atoms with Crippen LogP contribution in [0.5, 0.6) is 0 Å². The summed E-state index contributed by atoms with van der Waals surface area (Å²) in [7, 11) is 0. The summed E-state index contributed by atoms with van der Waals surface area (Å²) in [4.78, 5) is 13.1. The zero-order valence-corrected chi connectivity index (χ0v) is 12.3. The molecule has 1 aliphatic rings.